The standard InChI is InChI=1S/C17H17F2NO3S/c1-12(13-5-3-2-4-6-13)11-20-16(21)14-7-9-15(10-8-14)24(22,23)17(18)19/h2-10,12,17H,11H2,1H3,(H,20,21)/t12-/m1/s1. The van der Waals surface area contributed by atoms with Crippen molar-refractivity contribution < 1.29 is 22.0 Å². The van der Waals surface area contributed by atoms with Crippen LogP contribution < -0.4 is 5.32 Å². The zero-order valence-electron chi connectivity index (χ0n) is 12.9. The molecule has 2 rings (SSSR count). The van der Waals surface area contributed by atoms with Gasteiger partial charge in [-0.15, -0.1) is 0 Å². The van der Waals surface area contributed by atoms with Gasteiger partial charge in [0.05, 0.1) is 4.90 Å². The van der Waals surface area contributed by atoms with Gasteiger partial charge < -0.3 is 5.32 Å². The van der Waals surface area contributed by atoms with Gasteiger partial charge in [-0.3, -0.25) is 4.79 Å². The van der Waals surface area contributed by atoms with E-state index in [0.29, 0.717) is 6.54 Å². The number of hydrogen-bond acceptors (Lipinski definition) is 3. The Balaban J connectivity index is 2.01. The fourth-order valence-electron chi connectivity index (χ4n) is 2.15. The first-order valence-corrected chi connectivity index (χ1v) is 8.82. The van der Waals surface area contributed by atoms with E-state index < -0.39 is 26.4 Å². The number of hydrogen-bond donors (Lipinski definition) is 1. The summed E-state index contributed by atoms with van der Waals surface area (Å²) in [4.78, 5) is 11.6. The first-order chi connectivity index (χ1) is 11.3. The minimum atomic E-state index is -4.65. The third kappa shape index (κ3) is 4.17. The molecule has 0 unspecified atom stereocenters. The predicted octanol–water partition coefficient (Wildman–Crippen LogP) is 3.22. The largest absolute Gasteiger partial charge is 0.351 e. The van der Waals surface area contributed by atoms with Crippen molar-refractivity contribution in [2.45, 2.75) is 23.5 Å². The maximum atomic E-state index is 12.5. The summed E-state index contributed by atoms with van der Waals surface area (Å²) in [5, 5.41) is 2.74. The smallest absolute Gasteiger partial charge is 0.341 e. The van der Waals surface area contributed by atoms with Crippen molar-refractivity contribution in [2.24, 2.45) is 0 Å². The molecule has 0 radical (unpaired) electrons. The minimum absolute atomic E-state index is 0.105. The Hall–Kier alpha value is -2.28. The first kappa shape index (κ1) is 18.1. The van der Waals surface area contributed by atoms with E-state index in [1.165, 1.54) is 12.1 Å². The molecule has 24 heavy (non-hydrogen) atoms. The molecule has 4 nitrogen and oxygen atoms in total. The topological polar surface area (TPSA) is 63.2 Å². The highest BCUT2D eigenvalue weighted by atomic mass is 32.2. The van der Waals surface area contributed by atoms with E-state index in [-0.39, 0.29) is 11.5 Å². The third-order valence-corrected chi connectivity index (χ3v) is 5.02. The molecule has 7 heteroatoms. The van der Waals surface area contributed by atoms with Crippen LogP contribution in [0.4, 0.5) is 8.78 Å². The van der Waals surface area contributed by atoms with Crippen LogP contribution in [0.1, 0.15) is 28.8 Å². The van der Waals surface area contributed by atoms with Crippen LogP contribution in [0.2, 0.25) is 0 Å². The van der Waals surface area contributed by atoms with Crippen molar-refractivity contribution in [3.63, 3.8) is 0 Å². The lowest BCUT2D eigenvalue weighted by molar-refractivity contribution is 0.0951. The molecule has 1 N–H and O–H groups in total. The van der Waals surface area contributed by atoms with E-state index in [4.69, 9.17) is 0 Å². The Labute approximate surface area is 139 Å². The average Bonchev–Trinajstić information content (AvgIpc) is 2.60. The zero-order chi connectivity index (χ0) is 17.7. The molecule has 0 heterocycles. The molecule has 2 aromatic rings. The third-order valence-electron chi connectivity index (χ3n) is 3.62. The molecular formula is C17H17F2NO3S. The highest BCUT2D eigenvalue weighted by Crippen LogP contribution is 2.19. The molecule has 2 aromatic carbocycles. The second kappa shape index (κ2) is 7.53. The van der Waals surface area contributed by atoms with Crippen LogP contribution in [0.3, 0.4) is 0 Å². The number of sulfone groups is 1. The Bertz CT molecular complexity index is 790. The number of benzene rings is 2. The molecular weight excluding hydrogens is 336 g/mol. The van der Waals surface area contributed by atoms with Gasteiger partial charge in [0.1, 0.15) is 0 Å². The minimum Gasteiger partial charge on any atom is -0.351 e. The molecule has 0 fully saturated rings. The molecule has 0 aliphatic heterocycles. The highest BCUT2D eigenvalue weighted by Gasteiger charge is 2.26. The summed E-state index contributed by atoms with van der Waals surface area (Å²) in [6.45, 7) is 2.37. The van der Waals surface area contributed by atoms with Crippen molar-refractivity contribution >= 4 is 15.7 Å². The van der Waals surface area contributed by atoms with Gasteiger partial charge in [0, 0.05) is 12.1 Å². The van der Waals surface area contributed by atoms with Gasteiger partial charge in [-0.2, -0.15) is 8.78 Å². The van der Waals surface area contributed by atoms with Gasteiger partial charge in [-0.1, -0.05) is 37.3 Å². The summed E-state index contributed by atoms with van der Waals surface area (Å²) in [6, 6.07) is 14.1. The number of alkyl halides is 2. The van der Waals surface area contributed by atoms with Gasteiger partial charge in [-0.25, -0.2) is 8.42 Å². The molecule has 0 bridgehead atoms. The van der Waals surface area contributed by atoms with E-state index in [1.54, 1.807) is 0 Å². The average molecular weight is 353 g/mol. The van der Waals surface area contributed by atoms with Crippen LogP contribution in [0.15, 0.2) is 59.5 Å². The first-order valence-electron chi connectivity index (χ1n) is 7.27. The van der Waals surface area contributed by atoms with Crippen molar-refractivity contribution in [1.82, 2.24) is 5.32 Å². The van der Waals surface area contributed by atoms with Crippen molar-refractivity contribution in [3.05, 3.63) is 65.7 Å². The van der Waals surface area contributed by atoms with Gasteiger partial charge in [0.15, 0.2) is 0 Å². The molecule has 0 saturated heterocycles. The fourth-order valence-corrected chi connectivity index (χ4v) is 2.87. The van der Waals surface area contributed by atoms with Gasteiger partial charge in [-0.05, 0) is 35.7 Å². The predicted molar refractivity (Wildman–Crippen MR) is 86.8 cm³/mol. The van der Waals surface area contributed by atoms with Crippen molar-refractivity contribution in [1.29, 1.82) is 0 Å². The molecule has 1 amide bonds. The monoisotopic (exact) mass is 353 g/mol. The lowest BCUT2D eigenvalue weighted by Crippen LogP contribution is -2.27. The van der Waals surface area contributed by atoms with Crippen molar-refractivity contribution in [2.75, 3.05) is 6.54 Å². The van der Waals surface area contributed by atoms with Gasteiger partial charge >= 0.3 is 5.76 Å². The summed E-state index contributed by atoms with van der Waals surface area (Å²) in [7, 11) is -4.65. The number of rotatable bonds is 6. The number of carbonyl (C=O) groups is 1. The quantitative estimate of drug-likeness (QED) is 0.867. The summed E-state index contributed by atoms with van der Waals surface area (Å²) in [5.41, 5.74) is 1.29. The number of nitrogens with one attached hydrogen (secondary N) is 1. The molecule has 0 aromatic heterocycles. The normalized spacial score (nSPS) is 12.8. The molecule has 0 spiro atoms. The molecule has 128 valence electrons. The second-order valence-corrected chi connectivity index (χ2v) is 7.27. The number of carbonyl (C=O) groups excluding carboxylic acids is 1. The van der Waals surface area contributed by atoms with Crippen LogP contribution >= 0.6 is 0 Å². The summed E-state index contributed by atoms with van der Waals surface area (Å²) < 4.78 is 47.6. The number of halogens is 2. The van der Waals surface area contributed by atoms with E-state index in [1.807, 2.05) is 37.3 Å². The summed E-state index contributed by atoms with van der Waals surface area (Å²) in [6.07, 6.45) is 0. The van der Waals surface area contributed by atoms with E-state index in [9.17, 15) is 22.0 Å². The second-order valence-electron chi connectivity index (χ2n) is 5.35. The van der Waals surface area contributed by atoms with Crippen LogP contribution in [0.25, 0.3) is 0 Å². The zero-order valence-corrected chi connectivity index (χ0v) is 13.8. The molecule has 1 atom stereocenters. The Morgan fingerprint density at radius 1 is 1.04 bits per heavy atom. The lowest BCUT2D eigenvalue weighted by atomic mass is 10.0. The van der Waals surface area contributed by atoms with Gasteiger partial charge in [0.2, 0.25) is 9.84 Å². The summed E-state index contributed by atoms with van der Waals surface area (Å²) in [5.74, 6) is -3.77. The molecule has 0 aliphatic carbocycles. The Morgan fingerprint density at radius 2 is 1.62 bits per heavy atom. The Kier molecular flexibility index (Phi) is 5.66. The van der Waals surface area contributed by atoms with Crippen LogP contribution in [0.5, 0.6) is 0 Å². The molecule has 0 aliphatic rings. The maximum Gasteiger partial charge on any atom is 0.341 e. The van der Waals surface area contributed by atoms with Crippen LogP contribution in [0, 0.1) is 0 Å². The van der Waals surface area contributed by atoms with Crippen molar-refractivity contribution in [3.8, 4) is 0 Å². The SMILES string of the molecule is C[C@H](CNC(=O)c1ccc(S(=O)(=O)C(F)F)cc1)c1ccccc1. The Morgan fingerprint density at radius 3 is 2.17 bits per heavy atom. The van der Waals surface area contributed by atoms with E-state index in [2.05, 4.69) is 5.32 Å². The fraction of sp³-hybridized carbons (Fsp3) is 0.235. The van der Waals surface area contributed by atoms with E-state index >= 15 is 0 Å². The highest BCUT2D eigenvalue weighted by molar-refractivity contribution is 7.91. The summed E-state index contributed by atoms with van der Waals surface area (Å²) >= 11 is 0. The maximum absolute atomic E-state index is 12.5. The molecule has 0 saturated carbocycles. The number of amides is 1. The van der Waals surface area contributed by atoms with E-state index in [0.717, 1.165) is 17.7 Å². The van der Waals surface area contributed by atoms with Crippen LogP contribution in [-0.4, -0.2) is 26.6 Å². The van der Waals surface area contributed by atoms with Gasteiger partial charge in [0.25, 0.3) is 5.91 Å². The lowest BCUT2D eigenvalue weighted by Gasteiger charge is -2.13. The van der Waals surface area contributed by atoms with Crippen LogP contribution in [-0.2, 0) is 9.84 Å².